The fraction of sp³-hybridized carbons (Fsp3) is 0.448. The first-order chi connectivity index (χ1) is 19.1. The summed E-state index contributed by atoms with van der Waals surface area (Å²) >= 11 is 0. The van der Waals surface area contributed by atoms with E-state index in [1.165, 1.54) is 0 Å². The number of aryl methyl sites for hydroxylation is 1. The minimum Gasteiger partial charge on any atom is -0.481 e. The number of nitrogens with zero attached hydrogens (tertiary/aromatic N) is 2. The summed E-state index contributed by atoms with van der Waals surface area (Å²) in [5, 5.41) is 17.2. The second-order valence-corrected chi connectivity index (χ2v) is 10.2. The molecule has 4 amide bonds. The number of ether oxygens (including phenoxy) is 1. The lowest BCUT2D eigenvalue weighted by Crippen LogP contribution is -2.59. The van der Waals surface area contributed by atoms with Crippen LogP contribution in [0.4, 0.5) is 16.2 Å². The Morgan fingerprint density at radius 1 is 1.00 bits per heavy atom. The van der Waals surface area contributed by atoms with Gasteiger partial charge in [0.15, 0.2) is 0 Å². The summed E-state index contributed by atoms with van der Waals surface area (Å²) in [6, 6.07) is 14.1. The molecule has 1 heterocycles. The van der Waals surface area contributed by atoms with E-state index in [0.29, 0.717) is 37.7 Å². The number of para-hydroxylation sites is 1. The topological polar surface area (TPSA) is 140 Å². The zero-order chi connectivity index (χ0) is 29.1. The lowest BCUT2D eigenvalue weighted by atomic mass is 9.99. The molecule has 11 nitrogen and oxygen atoms in total. The summed E-state index contributed by atoms with van der Waals surface area (Å²) in [6.45, 7) is 8.88. The van der Waals surface area contributed by atoms with E-state index in [0.717, 1.165) is 24.2 Å². The van der Waals surface area contributed by atoms with Crippen LogP contribution in [0.25, 0.3) is 0 Å². The highest BCUT2D eigenvalue weighted by atomic mass is 16.5. The smallest absolute Gasteiger partial charge is 0.323 e. The van der Waals surface area contributed by atoms with Gasteiger partial charge < -0.3 is 30.7 Å². The number of carboxylic acids is 1. The van der Waals surface area contributed by atoms with E-state index in [-0.39, 0.29) is 31.3 Å². The molecule has 0 saturated carbocycles. The van der Waals surface area contributed by atoms with Gasteiger partial charge in [-0.3, -0.25) is 19.3 Å². The van der Waals surface area contributed by atoms with Gasteiger partial charge in [0.25, 0.3) is 0 Å². The van der Waals surface area contributed by atoms with E-state index in [2.05, 4.69) is 20.9 Å². The van der Waals surface area contributed by atoms with Gasteiger partial charge >= 0.3 is 12.0 Å². The standard InChI is InChI=1S/C29H39N5O6/c1-21-6-4-5-7-24(21)32-28(39)31-23-10-8-22(9-11-23)20-25(35)34(15-14-33-16-18-40-19-17-33)29(2,3)27(38)30-13-12-26(36)37/h4-11H,12-20H2,1-3H3,(H,30,38)(H,36,37)(H2,31,32,39). The fourth-order valence-electron chi connectivity index (χ4n) is 4.38. The Labute approximate surface area is 234 Å². The van der Waals surface area contributed by atoms with Gasteiger partial charge in [0, 0.05) is 44.1 Å². The van der Waals surface area contributed by atoms with E-state index < -0.39 is 17.4 Å². The number of carbonyl (C=O) groups is 4. The third-order valence-electron chi connectivity index (χ3n) is 6.86. The fourth-order valence-corrected chi connectivity index (χ4v) is 4.38. The summed E-state index contributed by atoms with van der Waals surface area (Å²) in [7, 11) is 0. The Kier molecular flexibility index (Phi) is 11.0. The predicted octanol–water partition coefficient (Wildman–Crippen LogP) is 2.71. The van der Waals surface area contributed by atoms with Crippen LogP contribution >= 0.6 is 0 Å². The second-order valence-electron chi connectivity index (χ2n) is 10.2. The number of morpholine rings is 1. The molecule has 0 bridgehead atoms. The van der Waals surface area contributed by atoms with Gasteiger partial charge in [-0.1, -0.05) is 30.3 Å². The van der Waals surface area contributed by atoms with E-state index >= 15 is 0 Å². The maximum atomic E-state index is 13.5. The van der Waals surface area contributed by atoms with Gasteiger partial charge in [-0.25, -0.2) is 4.79 Å². The average Bonchev–Trinajstić information content (AvgIpc) is 2.91. The molecular weight excluding hydrogens is 514 g/mol. The summed E-state index contributed by atoms with van der Waals surface area (Å²) in [5.74, 6) is -1.66. The van der Waals surface area contributed by atoms with Crippen molar-refractivity contribution in [2.75, 3.05) is 56.6 Å². The van der Waals surface area contributed by atoms with Crippen LogP contribution in [0, 0.1) is 6.92 Å². The number of nitrogens with one attached hydrogen (secondary N) is 3. The molecular formula is C29H39N5O6. The maximum Gasteiger partial charge on any atom is 0.323 e. The third-order valence-corrected chi connectivity index (χ3v) is 6.86. The Bertz CT molecular complexity index is 1180. The number of carbonyl (C=O) groups excluding carboxylic acids is 3. The first-order valence-corrected chi connectivity index (χ1v) is 13.4. The predicted molar refractivity (Wildman–Crippen MR) is 152 cm³/mol. The largest absolute Gasteiger partial charge is 0.481 e. The molecule has 3 rings (SSSR count). The van der Waals surface area contributed by atoms with Crippen molar-refractivity contribution >= 4 is 35.2 Å². The number of benzene rings is 2. The number of urea groups is 1. The van der Waals surface area contributed by atoms with Crippen molar-refractivity contribution in [1.29, 1.82) is 0 Å². The SMILES string of the molecule is Cc1ccccc1NC(=O)Nc1ccc(CC(=O)N(CCN2CCOCC2)C(C)(C)C(=O)NCCC(=O)O)cc1. The monoisotopic (exact) mass is 553 g/mol. The van der Waals surface area contributed by atoms with Gasteiger partial charge in [0.1, 0.15) is 5.54 Å². The van der Waals surface area contributed by atoms with Crippen LogP contribution in [0.3, 0.4) is 0 Å². The number of anilines is 2. The molecule has 0 radical (unpaired) electrons. The lowest BCUT2D eigenvalue weighted by Gasteiger charge is -2.39. The molecule has 4 N–H and O–H groups in total. The highest BCUT2D eigenvalue weighted by Gasteiger charge is 2.37. The van der Waals surface area contributed by atoms with Crippen LogP contribution in [0.5, 0.6) is 0 Å². The highest BCUT2D eigenvalue weighted by Crippen LogP contribution is 2.19. The molecule has 2 aromatic rings. The van der Waals surface area contributed by atoms with Crippen molar-refractivity contribution in [2.45, 2.75) is 39.2 Å². The molecule has 0 aliphatic carbocycles. The Balaban J connectivity index is 1.65. The van der Waals surface area contributed by atoms with Crippen LogP contribution in [-0.2, 0) is 25.5 Å². The summed E-state index contributed by atoms with van der Waals surface area (Å²) < 4.78 is 5.41. The summed E-state index contributed by atoms with van der Waals surface area (Å²) in [4.78, 5) is 53.6. The van der Waals surface area contributed by atoms with Crippen molar-refractivity contribution in [3.63, 3.8) is 0 Å². The molecule has 0 aromatic heterocycles. The molecule has 40 heavy (non-hydrogen) atoms. The molecule has 216 valence electrons. The quantitative estimate of drug-likeness (QED) is 0.317. The van der Waals surface area contributed by atoms with Crippen molar-refractivity contribution in [3.05, 3.63) is 59.7 Å². The minimum atomic E-state index is -1.20. The van der Waals surface area contributed by atoms with Crippen molar-refractivity contribution in [1.82, 2.24) is 15.1 Å². The number of amides is 4. The normalized spacial score (nSPS) is 13.8. The molecule has 1 aliphatic heterocycles. The van der Waals surface area contributed by atoms with Crippen molar-refractivity contribution in [3.8, 4) is 0 Å². The molecule has 0 spiro atoms. The van der Waals surface area contributed by atoms with Crippen LogP contribution < -0.4 is 16.0 Å². The Hall–Kier alpha value is -3.96. The van der Waals surface area contributed by atoms with Crippen molar-refractivity contribution < 1.29 is 29.0 Å². The number of hydrogen-bond acceptors (Lipinski definition) is 6. The van der Waals surface area contributed by atoms with E-state index in [4.69, 9.17) is 9.84 Å². The molecule has 11 heteroatoms. The number of aliphatic carboxylic acids is 1. The van der Waals surface area contributed by atoms with Gasteiger partial charge in [0.05, 0.1) is 26.1 Å². The lowest BCUT2D eigenvalue weighted by molar-refractivity contribution is -0.146. The first-order valence-electron chi connectivity index (χ1n) is 13.4. The number of hydrogen-bond donors (Lipinski definition) is 4. The molecule has 0 atom stereocenters. The van der Waals surface area contributed by atoms with Gasteiger partial charge in [0.2, 0.25) is 11.8 Å². The van der Waals surface area contributed by atoms with Crippen molar-refractivity contribution in [2.24, 2.45) is 0 Å². The molecule has 0 unspecified atom stereocenters. The number of rotatable bonds is 12. The van der Waals surface area contributed by atoms with Crippen LogP contribution in [0.1, 0.15) is 31.4 Å². The van der Waals surface area contributed by atoms with Crippen LogP contribution in [-0.4, -0.2) is 90.2 Å². The third kappa shape index (κ3) is 9.06. The summed E-state index contributed by atoms with van der Waals surface area (Å²) in [5.41, 5.74) is 1.77. The zero-order valence-corrected chi connectivity index (χ0v) is 23.4. The zero-order valence-electron chi connectivity index (χ0n) is 23.4. The number of carboxylic acid groups (broad SMARTS) is 1. The molecule has 1 saturated heterocycles. The minimum absolute atomic E-state index is 0.0189. The maximum absolute atomic E-state index is 13.5. The molecule has 1 fully saturated rings. The second kappa shape index (κ2) is 14.4. The van der Waals surface area contributed by atoms with Gasteiger partial charge in [-0.15, -0.1) is 0 Å². The van der Waals surface area contributed by atoms with E-state index in [1.54, 1.807) is 43.0 Å². The van der Waals surface area contributed by atoms with Crippen LogP contribution in [0.2, 0.25) is 0 Å². The van der Waals surface area contributed by atoms with Gasteiger partial charge in [-0.2, -0.15) is 0 Å². The average molecular weight is 554 g/mol. The van der Waals surface area contributed by atoms with Crippen LogP contribution in [0.15, 0.2) is 48.5 Å². The Morgan fingerprint density at radius 2 is 1.68 bits per heavy atom. The van der Waals surface area contributed by atoms with Gasteiger partial charge in [-0.05, 0) is 50.1 Å². The van der Waals surface area contributed by atoms with E-state index in [1.807, 2.05) is 31.2 Å². The Morgan fingerprint density at radius 3 is 2.33 bits per heavy atom. The highest BCUT2D eigenvalue weighted by molar-refractivity contribution is 6.00. The molecule has 2 aromatic carbocycles. The first kappa shape index (κ1) is 30.6. The molecule has 1 aliphatic rings. The van der Waals surface area contributed by atoms with E-state index in [9.17, 15) is 19.2 Å². The summed E-state index contributed by atoms with van der Waals surface area (Å²) in [6.07, 6.45) is -0.141.